The number of hydrogen-bond donors (Lipinski definition) is 1. The molecule has 1 N–H and O–H groups in total. The molecule has 78 valence electrons. The largest absolute Gasteiger partial charge is 0.342 e. The summed E-state index contributed by atoms with van der Waals surface area (Å²) < 4.78 is 0. The van der Waals surface area contributed by atoms with Crippen molar-refractivity contribution in [1.29, 1.82) is 0 Å². The van der Waals surface area contributed by atoms with Gasteiger partial charge in [-0.15, -0.1) is 0 Å². The van der Waals surface area contributed by atoms with Gasteiger partial charge in [0, 0.05) is 18.8 Å². The minimum absolute atomic E-state index is 0.131. The van der Waals surface area contributed by atoms with Crippen molar-refractivity contribution in [3.05, 3.63) is 18.2 Å². The summed E-state index contributed by atoms with van der Waals surface area (Å²) in [6, 6.07) is 0. The van der Waals surface area contributed by atoms with Gasteiger partial charge in [-0.1, -0.05) is 32.6 Å². The Balaban J connectivity index is 2.10. The van der Waals surface area contributed by atoms with Crippen molar-refractivity contribution in [2.45, 2.75) is 45.4 Å². The number of nitrogens with zero attached hydrogens (tertiary/aromatic N) is 1. The van der Waals surface area contributed by atoms with Gasteiger partial charge in [0.25, 0.3) is 0 Å². The third-order valence-corrected chi connectivity index (χ3v) is 2.27. The molecule has 0 aliphatic rings. The van der Waals surface area contributed by atoms with Crippen LogP contribution in [0.5, 0.6) is 0 Å². The molecular formula is C11H18N2O. The number of H-pyrrole nitrogens is 1. The van der Waals surface area contributed by atoms with Crippen LogP contribution < -0.4 is 0 Å². The monoisotopic (exact) mass is 194 g/mol. The third-order valence-electron chi connectivity index (χ3n) is 2.27. The van der Waals surface area contributed by atoms with Crippen molar-refractivity contribution in [3.63, 3.8) is 0 Å². The van der Waals surface area contributed by atoms with Crippen LogP contribution in [0.1, 0.15) is 56.1 Å². The summed E-state index contributed by atoms with van der Waals surface area (Å²) in [6.45, 7) is 2.19. The lowest BCUT2D eigenvalue weighted by molar-refractivity contribution is 0.0970. The summed E-state index contributed by atoms with van der Waals surface area (Å²) in [5, 5.41) is 0. The Morgan fingerprint density at radius 3 is 2.79 bits per heavy atom. The third kappa shape index (κ3) is 3.73. The van der Waals surface area contributed by atoms with Crippen LogP contribution in [0.25, 0.3) is 0 Å². The lowest BCUT2D eigenvalue weighted by Gasteiger charge is -1.98. The van der Waals surface area contributed by atoms with Gasteiger partial charge in [0.1, 0.15) is 0 Å². The SMILES string of the molecule is CCCCCCCC(=O)c1ncc[nH]1. The molecule has 0 saturated heterocycles. The molecule has 0 aromatic carbocycles. The van der Waals surface area contributed by atoms with Gasteiger partial charge in [-0.2, -0.15) is 0 Å². The van der Waals surface area contributed by atoms with Gasteiger partial charge >= 0.3 is 0 Å². The number of carbonyl (C=O) groups is 1. The highest BCUT2D eigenvalue weighted by Gasteiger charge is 2.06. The summed E-state index contributed by atoms with van der Waals surface area (Å²) in [5.41, 5.74) is 0. The Kier molecular flexibility index (Phi) is 4.97. The van der Waals surface area contributed by atoms with Gasteiger partial charge in [0.05, 0.1) is 0 Å². The summed E-state index contributed by atoms with van der Waals surface area (Å²) in [7, 11) is 0. The van der Waals surface area contributed by atoms with E-state index >= 15 is 0 Å². The maximum absolute atomic E-state index is 11.4. The first-order valence-electron chi connectivity index (χ1n) is 5.37. The summed E-state index contributed by atoms with van der Waals surface area (Å²) in [5.74, 6) is 0.631. The number of imidazole rings is 1. The molecule has 3 heteroatoms. The van der Waals surface area contributed by atoms with Crippen molar-refractivity contribution < 1.29 is 4.79 Å². The first-order valence-corrected chi connectivity index (χ1v) is 5.37. The summed E-state index contributed by atoms with van der Waals surface area (Å²) >= 11 is 0. The highest BCUT2D eigenvalue weighted by molar-refractivity contribution is 5.92. The lowest BCUT2D eigenvalue weighted by Crippen LogP contribution is -2.01. The number of aromatic nitrogens is 2. The Morgan fingerprint density at radius 1 is 1.36 bits per heavy atom. The van der Waals surface area contributed by atoms with E-state index in [1.165, 1.54) is 19.3 Å². The second-order valence-corrected chi connectivity index (χ2v) is 3.53. The van der Waals surface area contributed by atoms with E-state index in [1.807, 2.05) is 0 Å². The van der Waals surface area contributed by atoms with Crippen LogP contribution in [-0.2, 0) is 0 Å². The van der Waals surface area contributed by atoms with Crippen molar-refractivity contribution in [1.82, 2.24) is 9.97 Å². The second-order valence-electron chi connectivity index (χ2n) is 3.53. The topological polar surface area (TPSA) is 45.8 Å². The van der Waals surface area contributed by atoms with Crippen LogP contribution in [0.3, 0.4) is 0 Å². The molecule has 3 nitrogen and oxygen atoms in total. The molecule has 0 fully saturated rings. The van der Waals surface area contributed by atoms with Gasteiger partial charge in [-0.3, -0.25) is 4.79 Å². The number of Topliss-reactive ketones (excluding diaryl/α,β-unsaturated/α-hetero) is 1. The zero-order chi connectivity index (χ0) is 10.2. The smallest absolute Gasteiger partial charge is 0.198 e. The fraction of sp³-hybridized carbons (Fsp3) is 0.636. The summed E-state index contributed by atoms with van der Waals surface area (Å²) in [6.07, 6.45) is 9.81. The molecule has 0 unspecified atom stereocenters. The minimum atomic E-state index is 0.131. The van der Waals surface area contributed by atoms with Crippen molar-refractivity contribution >= 4 is 5.78 Å². The molecule has 0 bridgehead atoms. The van der Waals surface area contributed by atoms with Crippen molar-refractivity contribution in [2.24, 2.45) is 0 Å². The molecule has 0 radical (unpaired) electrons. The molecule has 0 spiro atoms. The summed E-state index contributed by atoms with van der Waals surface area (Å²) in [4.78, 5) is 18.2. The number of nitrogens with one attached hydrogen (secondary N) is 1. The molecule has 1 aromatic rings. The number of hydrogen-bond acceptors (Lipinski definition) is 2. The van der Waals surface area contributed by atoms with Gasteiger partial charge < -0.3 is 4.98 Å². The molecule has 14 heavy (non-hydrogen) atoms. The second kappa shape index (κ2) is 6.35. The zero-order valence-corrected chi connectivity index (χ0v) is 8.75. The van der Waals surface area contributed by atoms with Crippen LogP contribution >= 0.6 is 0 Å². The van der Waals surface area contributed by atoms with E-state index in [9.17, 15) is 4.79 Å². The Labute approximate surface area is 84.9 Å². The standard InChI is InChI=1S/C11H18N2O/c1-2-3-4-5-6-7-10(14)11-12-8-9-13-11/h8-9H,2-7H2,1H3,(H,12,13). The minimum Gasteiger partial charge on any atom is -0.342 e. The van der Waals surface area contributed by atoms with Gasteiger partial charge in [0.2, 0.25) is 0 Å². The molecule has 1 aromatic heterocycles. The quantitative estimate of drug-likeness (QED) is 0.535. The first-order chi connectivity index (χ1) is 6.84. The van der Waals surface area contributed by atoms with Crippen LogP contribution in [0, 0.1) is 0 Å². The Morgan fingerprint density at radius 2 is 2.14 bits per heavy atom. The maximum atomic E-state index is 11.4. The maximum Gasteiger partial charge on any atom is 0.198 e. The number of aromatic amines is 1. The molecule has 0 atom stereocenters. The molecule has 0 amide bonds. The Bertz CT molecular complexity index is 254. The van der Waals surface area contributed by atoms with Gasteiger partial charge in [-0.05, 0) is 6.42 Å². The molecule has 0 aliphatic heterocycles. The fourth-order valence-electron chi connectivity index (χ4n) is 1.43. The van der Waals surface area contributed by atoms with Crippen LogP contribution in [0.15, 0.2) is 12.4 Å². The van der Waals surface area contributed by atoms with E-state index in [0.717, 1.165) is 12.8 Å². The van der Waals surface area contributed by atoms with Gasteiger partial charge in [0.15, 0.2) is 11.6 Å². The first kappa shape index (κ1) is 11.0. The number of carbonyl (C=O) groups excluding carboxylic acids is 1. The molecule has 0 aliphatic carbocycles. The number of ketones is 1. The van der Waals surface area contributed by atoms with E-state index in [4.69, 9.17) is 0 Å². The van der Waals surface area contributed by atoms with Crippen LogP contribution in [0.2, 0.25) is 0 Å². The molecule has 1 heterocycles. The lowest BCUT2D eigenvalue weighted by atomic mass is 10.1. The predicted molar refractivity (Wildman–Crippen MR) is 56.3 cm³/mol. The zero-order valence-electron chi connectivity index (χ0n) is 8.75. The van der Waals surface area contributed by atoms with E-state index in [-0.39, 0.29) is 5.78 Å². The average molecular weight is 194 g/mol. The van der Waals surface area contributed by atoms with E-state index in [0.29, 0.717) is 12.2 Å². The predicted octanol–water partition coefficient (Wildman–Crippen LogP) is 2.95. The molecule has 0 saturated carbocycles. The van der Waals surface area contributed by atoms with Gasteiger partial charge in [-0.25, -0.2) is 4.98 Å². The average Bonchev–Trinajstić information content (AvgIpc) is 2.70. The highest BCUT2D eigenvalue weighted by Crippen LogP contribution is 2.07. The molecule has 1 rings (SSSR count). The van der Waals surface area contributed by atoms with E-state index in [1.54, 1.807) is 12.4 Å². The number of rotatable bonds is 7. The molecular weight excluding hydrogens is 176 g/mol. The fourth-order valence-corrected chi connectivity index (χ4v) is 1.43. The number of unbranched alkanes of at least 4 members (excludes halogenated alkanes) is 4. The van der Waals surface area contributed by atoms with E-state index < -0.39 is 0 Å². The van der Waals surface area contributed by atoms with Crippen LogP contribution in [-0.4, -0.2) is 15.8 Å². The van der Waals surface area contributed by atoms with Crippen LogP contribution in [0.4, 0.5) is 0 Å². The van der Waals surface area contributed by atoms with Crippen molar-refractivity contribution in [3.8, 4) is 0 Å². The van der Waals surface area contributed by atoms with E-state index in [2.05, 4.69) is 16.9 Å². The Hall–Kier alpha value is -1.12. The highest BCUT2D eigenvalue weighted by atomic mass is 16.1. The normalized spacial score (nSPS) is 10.4. The van der Waals surface area contributed by atoms with Crippen molar-refractivity contribution in [2.75, 3.05) is 0 Å².